The summed E-state index contributed by atoms with van der Waals surface area (Å²) < 4.78 is 12.6. The minimum absolute atomic E-state index is 0.0818. The molecule has 1 fully saturated rings. The van der Waals surface area contributed by atoms with Crippen LogP contribution in [0.2, 0.25) is 5.28 Å². The first-order valence-electron chi connectivity index (χ1n) is 12.0. The summed E-state index contributed by atoms with van der Waals surface area (Å²) in [7, 11) is 1.78. The van der Waals surface area contributed by atoms with Gasteiger partial charge in [-0.2, -0.15) is 4.98 Å². The van der Waals surface area contributed by atoms with Crippen molar-refractivity contribution >= 4 is 34.9 Å². The molecule has 1 aliphatic rings. The van der Waals surface area contributed by atoms with Gasteiger partial charge in [-0.1, -0.05) is 57.8 Å². The SMILES string of the molecule is C#CC1(CO)CCC(n2ccc3c(N)nc(Cl)nc32)O1.CCCCCCCCCCOC.O=CO. The molecule has 35 heavy (non-hydrogen) atoms. The van der Waals surface area contributed by atoms with Crippen LogP contribution in [-0.4, -0.2) is 57.1 Å². The topological polar surface area (TPSA) is 133 Å². The van der Waals surface area contributed by atoms with E-state index in [1.165, 1.54) is 51.4 Å². The van der Waals surface area contributed by atoms with Crippen molar-refractivity contribution < 1.29 is 24.5 Å². The van der Waals surface area contributed by atoms with E-state index in [4.69, 9.17) is 43.1 Å². The van der Waals surface area contributed by atoms with Crippen LogP contribution in [0.15, 0.2) is 12.3 Å². The Morgan fingerprint density at radius 1 is 1.31 bits per heavy atom. The molecule has 0 spiro atoms. The van der Waals surface area contributed by atoms with Gasteiger partial charge in [0, 0.05) is 19.9 Å². The molecular weight excluding hydrogens is 472 g/mol. The van der Waals surface area contributed by atoms with Gasteiger partial charge in [0.1, 0.15) is 17.7 Å². The van der Waals surface area contributed by atoms with E-state index in [0.717, 1.165) is 6.61 Å². The van der Waals surface area contributed by atoms with E-state index in [9.17, 15) is 5.11 Å². The van der Waals surface area contributed by atoms with Crippen LogP contribution in [0.1, 0.15) is 77.4 Å². The van der Waals surface area contributed by atoms with E-state index in [-0.39, 0.29) is 24.6 Å². The zero-order valence-corrected chi connectivity index (χ0v) is 21.5. The fraction of sp³-hybridized carbons (Fsp3) is 0.640. The number of nitrogens with two attached hydrogens (primary N) is 1. The second-order valence-corrected chi connectivity index (χ2v) is 8.66. The highest BCUT2D eigenvalue weighted by molar-refractivity contribution is 6.28. The summed E-state index contributed by atoms with van der Waals surface area (Å²) in [6, 6.07) is 1.80. The Labute approximate surface area is 213 Å². The summed E-state index contributed by atoms with van der Waals surface area (Å²) in [6.45, 7) is 2.74. The Kier molecular flexibility index (Phi) is 15.0. The minimum atomic E-state index is -0.927. The Balaban J connectivity index is 0.000000351. The van der Waals surface area contributed by atoms with Crippen LogP contribution in [0.3, 0.4) is 0 Å². The second kappa shape index (κ2) is 17.1. The van der Waals surface area contributed by atoms with Crippen molar-refractivity contribution in [1.82, 2.24) is 14.5 Å². The van der Waals surface area contributed by atoms with Crippen LogP contribution in [-0.2, 0) is 14.3 Å². The fourth-order valence-electron chi connectivity index (χ4n) is 3.84. The maximum Gasteiger partial charge on any atom is 0.290 e. The smallest absolute Gasteiger partial charge is 0.290 e. The van der Waals surface area contributed by atoms with E-state index >= 15 is 0 Å². The van der Waals surface area contributed by atoms with Gasteiger partial charge in [-0.15, -0.1) is 6.42 Å². The van der Waals surface area contributed by atoms with E-state index in [2.05, 4.69) is 22.8 Å². The molecule has 196 valence electrons. The number of hydrogen-bond acceptors (Lipinski definition) is 7. The number of carbonyl (C=O) groups is 1. The molecule has 3 rings (SSSR count). The molecule has 2 aromatic rings. The lowest BCUT2D eigenvalue weighted by Crippen LogP contribution is -2.31. The van der Waals surface area contributed by atoms with Crippen LogP contribution >= 0.6 is 11.6 Å². The summed E-state index contributed by atoms with van der Waals surface area (Å²) in [6.07, 6.45) is 19.2. The minimum Gasteiger partial charge on any atom is -0.483 e. The molecule has 0 amide bonds. The fourth-order valence-corrected chi connectivity index (χ4v) is 4.01. The Morgan fingerprint density at radius 2 is 1.94 bits per heavy atom. The normalized spacial score (nSPS) is 18.8. The van der Waals surface area contributed by atoms with Gasteiger partial charge in [-0.25, -0.2) is 4.98 Å². The highest BCUT2D eigenvalue weighted by Crippen LogP contribution is 2.37. The number of ether oxygens (including phenoxy) is 2. The molecular formula is C25H39ClN4O5. The third-order valence-electron chi connectivity index (χ3n) is 5.76. The molecule has 10 heteroatoms. The highest BCUT2D eigenvalue weighted by atomic mass is 35.5. The van der Waals surface area contributed by atoms with Gasteiger partial charge in [0.2, 0.25) is 5.28 Å². The number of nitrogens with zero attached hydrogens (tertiary/aromatic N) is 3. The first kappa shape index (κ1) is 30.7. The summed E-state index contributed by atoms with van der Waals surface area (Å²) in [5, 5.41) is 17.1. The van der Waals surface area contributed by atoms with Crippen LogP contribution in [0, 0.1) is 12.3 Å². The quantitative estimate of drug-likeness (QED) is 0.170. The van der Waals surface area contributed by atoms with Gasteiger partial charge >= 0.3 is 0 Å². The average Bonchev–Trinajstić information content (AvgIpc) is 3.47. The number of fused-ring (bicyclic) bond motifs is 1. The summed E-state index contributed by atoms with van der Waals surface area (Å²) in [5.74, 6) is 2.84. The van der Waals surface area contributed by atoms with E-state index in [1.807, 2.05) is 4.57 Å². The molecule has 2 unspecified atom stereocenters. The zero-order chi connectivity index (χ0) is 26.1. The van der Waals surface area contributed by atoms with Crippen molar-refractivity contribution in [1.29, 1.82) is 0 Å². The lowest BCUT2D eigenvalue weighted by Gasteiger charge is -2.21. The Hall–Kier alpha value is -2.38. The molecule has 0 radical (unpaired) electrons. The number of aromatic nitrogens is 3. The largest absolute Gasteiger partial charge is 0.483 e. The number of aliphatic hydroxyl groups excluding tert-OH is 1. The first-order valence-corrected chi connectivity index (χ1v) is 12.4. The van der Waals surface area contributed by atoms with Crippen molar-refractivity contribution in [3.63, 3.8) is 0 Å². The van der Waals surface area contributed by atoms with Gasteiger partial charge in [-0.05, 0) is 36.9 Å². The van der Waals surface area contributed by atoms with Crippen molar-refractivity contribution in [2.45, 2.75) is 83.0 Å². The summed E-state index contributed by atoms with van der Waals surface area (Å²) in [4.78, 5) is 16.5. The molecule has 1 aliphatic heterocycles. The van der Waals surface area contributed by atoms with Gasteiger partial charge in [0.05, 0.1) is 12.0 Å². The van der Waals surface area contributed by atoms with Gasteiger partial charge in [0.15, 0.2) is 5.60 Å². The number of terminal acetylenes is 1. The predicted molar refractivity (Wildman–Crippen MR) is 138 cm³/mol. The molecule has 9 nitrogen and oxygen atoms in total. The molecule has 0 aromatic carbocycles. The number of anilines is 1. The van der Waals surface area contributed by atoms with Crippen molar-refractivity contribution in [3.8, 4) is 12.3 Å². The van der Waals surface area contributed by atoms with Crippen molar-refractivity contribution in [3.05, 3.63) is 17.5 Å². The monoisotopic (exact) mass is 510 g/mol. The second-order valence-electron chi connectivity index (χ2n) is 8.32. The molecule has 0 saturated carbocycles. The number of unbranched alkanes of at least 4 members (excludes halogenated alkanes) is 7. The third-order valence-corrected chi connectivity index (χ3v) is 5.93. The van der Waals surface area contributed by atoms with Gasteiger partial charge < -0.3 is 30.0 Å². The summed E-state index contributed by atoms with van der Waals surface area (Å²) >= 11 is 5.84. The standard InChI is InChI=1S/C13H13ClN4O2.C11H24O.CH2O2/c1-2-13(7-19)5-3-9(20-13)18-6-4-8-10(15)16-12(14)17-11(8)18;1-3-4-5-6-7-8-9-10-11-12-2;2-1-3/h1,4,6,9,19H,3,5,7H2,(H2,15,16,17);3-11H2,1-2H3;1H,(H,2,3). The van der Waals surface area contributed by atoms with Gasteiger partial charge in [0.25, 0.3) is 6.47 Å². The van der Waals surface area contributed by atoms with Crippen molar-refractivity contribution in [2.24, 2.45) is 0 Å². The van der Waals surface area contributed by atoms with Crippen molar-refractivity contribution in [2.75, 3.05) is 26.1 Å². The number of carboxylic acid groups (broad SMARTS) is 1. The maximum absolute atomic E-state index is 9.39. The van der Waals surface area contributed by atoms with Crippen LogP contribution in [0.5, 0.6) is 0 Å². The maximum atomic E-state index is 9.39. The lowest BCUT2D eigenvalue weighted by atomic mass is 10.0. The van der Waals surface area contributed by atoms with E-state index < -0.39 is 5.60 Å². The number of aliphatic hydroxyl groups is 1. The van der Waals surface area contributed by atoms with E-state index in [0.29, 0.717) is 29.7 Å². The number of rotatable bonds is 11. The Morgan fingerprint density at radius 3 is 2.49 bits per heavy atom. The predicted octanol–water partition coefficient (Wildman–Crippen LogP) is 4.81. The summed E-state index contributed by atoms with van der Waals surface area (Å²) in [5.41, 5.74) is 5.48. The van der Waals surface area contributed by atoms with Gasteiger partial charge in [-0.3, -0.25) is 4.79 Å². The number of methoxy groups -OCH3 is 1. The lowest BCUT2D eigenvalue weighted by molar-refractivity contribution is -0.122. The number of halogens is 1. The molecule has 2 aromatic heterocycles. The molecule has 0 bridgehead atoms. The van der Waals surface area contributed by atoms with Crippen LogP contribution in [0.4, 0.5) is 5.82 Å². The number of hydrogen-bond donors (Lipinski definition) is 3. The Bertz CT molecular complexity index is 907. The molecule has 0 aliphatic carbocycles. The molecule has 2 atom stereocenters. The first-order chi connectivity index (χ1) is 16.9. The number of nitrogen functional groups attached to an aromatic ring is 1. The van der Waals surface area contributed by atoms with Crippen LogP contribution < -0.4 is 5.73 Å². The zero-order valence-electron chi connectivity index (χ0n) is 20.8. The average molecular weight is 511 g/mol. The van der Waals surface area contributed by atoms with Crippen LogP contribution in [0.25, 0.3) is 11.0 Å². The molecule has 3 heterocycles. The molecule has 4 N–H and O–H groups in total. The van der Waals surface area contributed by atoms with E-state index in [1.54, 1.807) is 19.4 Å². The third kappa shape index (κ3) is 10.0. The highest BCUT2D eigenvalue weighted by Gasteiger charge is 2.39. The molecule has 1 saturated heterocycles.